The van der Waals surface area contributed by atoms with Crippen LogP contribution in [0.5, 0.6) is 0 Å². The molecule has 1 fully saturated rings. The zero-order chi connectivity index (χ0) is 21.7. The van der Waals surface area contributed by atoms with E-state index in [1.807, 2.05) is 36.5 Å². The zero-order valence-corrected chi connectivity index (χ0v) is 18.1. The molecule has 1 aliphatic rings. The van der Waals surface area contributed by atoms with Crippen molar-refractivity contribution < 1.29 is 0 Å². The Kier molecular flexibility index (Phi) is 6.13. The Morgan fingerprint density at radius 3 is 2.42 bits per heavy atom. The highest BCUT2D eigenvalue weighted by Crippen LogP contribution is 2.40. The van der Waals surface area contributed by atoms with Gasteiger partial charge in [-0.3, -0.25) is 9.97 Å². The summed E-state index contributed by atoms with van der Waals surface area (Å²) in [4.78, 5) is 11.2. The molecule has 1 saturated heterocycles. The summed E-state index contributed by atoms with van der Waals surface area (Å²) in [5.41, 5.74) is 6.50. The average molecular weight is 409 g/mol. The van der Waals surface area contributed by atoms with Gasteiger partial charge in [-0.2, -0.15) is 5.26 Å². The Bertz CT molecular complexity index is 1070. The zero-order valence-electron chi connectivity index (χ0n) is 18.1. The molecule has 0 aliphatic carbocycles. The SMILES string of the molecule is C=C(c1cccnc1-c1ccncc1)N1CCC(CC)(Cc2ccc(C#N)cc2)CC1. The summed E-state index contributed by atoms with van der Waals surface area (Å²) in [5, 5.41) is 9.04. The molecule has 1 aromatic carbocycles. The normalized spacial score (nSPS) is 15.3. The second kappa shape index (κ2) is 9.14. The predicted molar refractivity (Wildman–Crippen MR) is 125 cm³/mol. The Hall–Kier alpha value is -3.45. The molecule has 4 rings (SSSR count). The van der Waals surface area contributed by atoms with Crippen LogP contribution in [0.1, 0.15) is 42.9 Å². The first-order valence-corrected chi connectivity index (χ1v) is 10.9. The number of hydrogen-bond donors (Lipinski definition) is 0. The fraction of sp³-hybridized carbons (Fsp3) is 0.296. The van der Waals surface area contributed by atoms with Gasteiger partial charge in [-0.15, -0.1) is 0 Å². The van der Waals surface area contributed by atoms with Crippen molar-refractivity contribution in [3.8, 4) is 17.3 Å². The van der Waals surface area contributed by atoms with Crippen molar-refractivity contribution in [3.05, 3.63) is 90.4 Å². The van der Waals surface area contributed by atoms with Gasteiger partial charge in [0.2, 0.25) is 0 Å². The van der Waals surface area contributed by atoms with Crippen LogP contribution in [0.2, 0.25) is 0 Å². The topological polar surface area (TPSA) is 52.8 Å². The number of hydrogen-bond acceptors (Lipinski definition) is 4. The first kappa shape index (κ1) is 20.8. The number of aromatic nitrogens is 2. The Labute approximate surface area is 184 Å². The molecule has 0 N–H and O–H groups in total. The summed E-state index contributed by atoms with van der Waals surface area (Å²) < 4.78 is 0. The first-order chi connectivity index (χ1) is 15.1. The van der Waals surface area contributed by atoms with Crippen molar-refractivity contribution in [3.63, 3.8) is 0 Å². The number of nitrogens with zero attached hydrogens (tertiary/aromatic N) is 4. The van der Waals surface area contributed by atoms with E-state index in [-0.39, 0.29) is 0 Å². The molecule has 4 nitrogen and oxygen atoms in total. The molecule has 1 aliphatic heterocycles. The summed E-state index contributed by atoms with van der Waals surface area (Å²) in [5.74, 6) is 0. The van der Waals surface area contributed by atoms with Gasteiger partial charge < -0.3 is 4.90 Å². The molecule has 3 heterocycles. The molecule has 0 radical (unpaired) electrons. The molecule has 0 spiro atoms. The van der Waals surface area contributed by atoms with Gasteiger partial charge in [0.1, 0.15) is 0 Å². The number of piperidine rings is 1. The molecule has 0 saturated carbocycles. The van der Waals surface area contributed by atoms with Crippen molar-refractivity contribution in [1.82, 2.24) is 14.9 Å². The van der Waals surface area contributed by atoms with E-state index >= 15 is 0 Å². The lowest BCUT2D eigenvalue weighted by molar-refractivity contribution is 0.135. The van der Waals surface area contributed by atoms with Gasteiger partial charge in [0.15, 0.2) is 0 Å². The lowest BCUT2D eigenvalue weighted by Crippen LogP contribution is -2.40. The lowest BCUT2D eigenvalue weighted by Gasteiger charge is -2.43. The highest BCUT2D eigenvalue weighted by Gasteiger charge is 2.34. The predicted octanol–water partition coefficient (Wildman–Crippen LogP) is 5.72. The summed E-state index contributed by atoms with van der Waals surface area (Å²) in [7, 11) is 0. The van der Waals surface area contributed by atoms with Crippen LogP contribution in [0.25, 0.3) is 17.0 Å². The van der Waals surface area contributed by atoms with Gasteiger partial charge in [-0.25, -0.2) is 0 Å². The van der Waals surface area contributed by atoms with Crippen LogP contribution in [0.3, 0.4) is 0 Å². The van der Waals surface area contributed by atoms with E-state index in [1.165, 1.54) is 5.56 Å². The molecule has 0 unspecified atom stereocenters. The van der Waals surface area contributed by atoms with Gasteiger partial charge in [0.05, 0.1) is 17.3 Å². The van der Waals surface area contributed by atoms with Crippen LogP contribution in [0.15, 0.2) is 73.7 Å². The van der Waals surface area contributed by atoms with Crippen LogP contribution >= 0.6 is 0 Å². The van der Waals surface area contributed by atoms with E-state index in [1.54, 1.807) is 12.4 Å². The maximum atomic E-state index is 9.04. The van der Waals surface area contributed by atoms with Crippen LogP contribution < -0.4 is 0 Å². The van der Waals surface area contributed by atoms with Gasteiger partial charge in [0.25, 0.3) is 0 Å². The third-order valence-electron chi connectivity index (χ3n) is 6.69. The van der Waals surface area contributed by atoms with E-state index in [0.29, 0.717) is 5.41 Å². The van der Waals surface area contributed by atoms with Crippen molar-refractivity contribution in [2.45, 2.75) is 32.6 Å². The second-order valence-electron chi connectivity index (χ2n) is 8.41. The Balaban J connectivity index is 1.48. The van der Waals surface area contributed by atoms with Gasteiger partial charge in [-0.05, 0) is 66.6 Å². The highest BCUT2D eigenvalue weighted by atomic mass is 15.1. The quantitative estimate of drug-likeness (QED) is 0.523. The third kappa shape index (κ3) is 4.51. The minimum atomic E-state index is 0.299. The molecular formula is C27H28N4. The van der Waals surface area contributed by atoms with Crippen molar-refractivity contribution >= 4 is 5.70 Å². The van der Waals surface area contributed by atoms with Gasteiger partial charge in [-0.1, -0.05) is 32.1 Å². The average Bonchev–Trinajstić information content (AvgIpc) is 2.85. The molecule has 156 valence electrons. The Morgan fingerprint density at radius 2 is 1.77 bits per heavy atom. The van der Waals surface area contributed by atoms with Crippen molar-refractivity contribution in [1.29, 1.82) is 5.26 Å². The minimum absolute atomic E-state index is 0.299. The highest BCUT2D eigenvalue weighted by molar-refractivity contribution is 5.76. The monoisotopic (exact) mass is 408 g/mol. The van der Waals surface area contributed by atoms with Crippen LogP contribution in [-0.2, 0) is 6.42 Å². The van der Waals surface area contributed by atoms with E-state index < -0.39 is 0 Å². The molecule has 2 aromatic heterocycles. The molecular weight excluding hydrogens is 380 g/mol. The van der Waals surface area contributed by atoms with E-state index in [2.05, 4.69) is 52.6 Å². The molecule has 0 amide bonds. The smallest absolute Gasteiger partial charge is 0.0991 e. The summed E-state index contributed by atoms with van der Waals surface area (Å²) in [6.07, 6.45) is 9.92. The van der Waals surface area contributed by atoms with Crippen molar-refractivity contribution in [2.75, 3.05) is 13.1 Å². The third-order valence-corrected chi connectivity index (χ3v) is 6.69. The molecule has 4 heteroatoms. The van der Waals surface area contributed by atoms with Gasteiger partial charge >= 0.3 is 0 Å². The molecule has 3 aromatic rings. The minimum Gasteiger partial charge on any atom is -0.371 e. The second-order valence-corrected chi connectivity index (χ2v) is 8.41. The number of rotatable bonds is 6. The largest absolute Gasteiger partial charge is 0.371 e. The summed E-state index contributed by atoms with van der Waals surface area (Å²) in [6, 6.07) is 18.4. The fourth-order valence-corrected chi connectivity index (χ4v) is 4.58. The maximum absolute atomic E-state index is 9.04. The first-order valence-electron chi connectivity index (χ1n) is 10.9. The maximum Gasteiger partial charge on any atom is 0.0991 e. The summed E-state index contributed by atoms with van der Waals surface area (Å²) in [6.45, 7) is 8.74. The molecule has 0 atom stereocenters. The standard InChI is InChI=1S/C27H28N4/c1-3-27(19-22-6-8-23(20-28)9-7-22)12-17-31(18-13-27)21(2)25-5-4-14-30-26(25)24-10-15-29-16-11-24/h4-11,14-16H,2-3,12-13,17-19H2,1H3. The van der Waals surface area contributed by atoms with Gasteiger partial charge in [0, 0.05) is 48.5 Å². The van der Waals surface area contributed by atoms with E-state index in [0.717, 1.165) is 66.9 Å². The van der Waals surface area contributed by atoms with Crippen LogP contribution in [-0.4, -0.2) is 28.0 Å². The lowest BCUT2D eigenvalue weighted by atomic mass is 9.71. The summed E-state index contributed by atoms with van der Waals surface area (Å²) >= 11 is 0. The van der Waals surface area contributed by atoms with Crippen LogP contribution in [0.4, 0.5) is 0 Å². The number of likely N-dealkylation sites (tertiary alicyclic amines) is 1. The number of pyridine rings is 2. The fourth-order valence-electron chi connectivity index (χ4n) is 4.58. The molecule has 0 bridgehead atoms. The number of nitriles is 1. The van der Waals surface area contributed by atoms with E-state index in [4.69, 9.17) is 5.26 Å². The van der Waals surface area contributed by atoms with Crippen molar-refractivity contribution in [2.24, 2.45) is 5.41 Å². The number of benzene rings is 1. The molecule has 31 heavy (non-hydrogen) atoms. The van der Waals surface area contributed by atoms with E-state index in [9.17, 15) is 0 Å². The van der Waals surface area contributed by atoms with Crippen LogP contribution in [0, 0.1) is 16.7 Å². The Morgan fingerprint density at radius 1 is 1.06 bits per heavy atom.